The number of ether oxygens (including phenoxy) is 1. The second-order valence-electron chi connectivity index (χ2n) is 4.32. The van der Waals surface area contributed by atoms with Gasteiger partial charge in [-0.25, -0.2) is 10.2 Å². The molecule has 0 radical (unpaired) electrons. The van der Waals surface area contributed by atoms with E-state index in [0.717, 1.165) is 5.76 Å². The highest BCUT2D eigenvalue weighted by Crippen LogP contribution is 2.06. The molecule has 0 saturated carbocycles. The van der Waals surface area contributed by atoms with Gasteiger partial charge in [-0.05, 0) is 39.8 Å². The molecule has 0 spiro atoms. The second kappa shape index (κ2) is 4.83. The molecule has 1 heterocycles. The molecule has 0 aliphatic carbocycles. The van der Waals surface area contributed by atoms with E-state index < -0.39 is 11.7 Å². The van der Waals surface area contributed by atoms with Gasteiger partial charge in [0, 0.05) is 0 Å². The molecule has 1 aromatic rings. The number of hydrazone groups is 1. The lowest BCUT2D eigenvalue weighted by Gasteiger charge is -2.18. The highest BCUT2D eigenvalue weighted by atomic mass is 16.6. The Labute approximate surface area is 94.5 Å². The average molecular weight is 224 g/mol. The van der Waals surface area contributed by atoms with E-state index in [2.05, 4.69) is 10.5 Å². The van der Waals surface area contributed by atoms with Crippen molar-refractivity contribution in [2.75, 3.05) is 0 Å². The van der Waals surface area contributed by atoms with E-state index in [1.165, 1.54) is 6.21 Å². The SMILES string of the molecule is Cc1ccc(/C=N\NC(=O)OC(C)(C)C)o1. The minimum atomic E-state index is -0.591. The number of nitrogens with one attached hydrogen (secondary N) is 1. The van der Waals surface area contributed by atoms with Gasteiger partial charge in [-0.2, -0.15) is 5.10 Å². The highest BCUT2D eigenvalue weighted by molar-refractivity contribution is 5.77. The fraction of sp³-hybridized carbons (Fsp3) is 0.455. The van der Waals surface area contributed by atoms with E-state index in [4.69, 9.17) is 9.15 Å². The van der Waals surface area contributed by atoms with Gasteiger partial charge in [0.05, 0.1) is 6.21 Å². The molecule has 0 saturated heterocycles. The number of hydrogen-bond donors (Lipinski definition) is 1. The predicted molar refractivity (Wildman–Crippen MR) is 60.4 cm³/mol. The van der Waals surface area contributed by atoms with Crippen molar-refractivity contribution in [1.82, 2.24) is 5.43 Å². The zero-order valence-electron chi connectivity index (χ0n) is 9.90. The van der Waals surface area contributed by atoms with Crippen molar-refractivity contribution in [3.8, 4) is 0 Å². The normalized spacial score (nSPS) is 11.8. The summed E-state index contributed by atoms with van der Waals surface area (Å²) >= 11 is 0. The zero-order valence-corrected chi connectivity index (χ0v) is 9.90. The molecule has 16 heavy (non-hydrogen) atoms. The molecule has 88 valence electrons. The van der Waals surface area contributed by atoms with Crippen LogP contribution in [0, 0.1) is 6.92 Å². The third-order valence-corrected chi connectivity index (χ3v) is 1.51. The lowest BCUT2D eigenvalue weighted by atomic mass is 10.2. The van der Waals surface area contributed by atoms with Gasteiger partial charge >= 0.3 is 6.09 Å². The number of carbonyl (C=O) groups is 1. The van der Waals surface area contributed by atoms with Gasteiger partial charge < -0.3 is 9.15 Å². The van der Waals surface area contributed by atoms with Gasteiger partial charge in [0.2, 0.25) is 0 Å². The van der Waals surface area contributed by atoms with E-state index in [0.29, 0.717) is 5.76 Å². The number of aryl methyl sites for hydroxylation is 1. The van der Waals surface area contributed by atoms with E-state index >= 15 is 0 Å². The lowest BCUT2D eigenvalue weighted by molar-refractivity contribution is 0.0529. The Morgan fingerprint density at radius 2 is 2.19 bits per heavy atom. The molecule has 5 heteroatoms. The number of carbonyl (C=O) groups excluding carboxylic acids is 1. The van der Waals surface area contributed by atoms with E-state index in [9.17, 15) is 4.79 Å². The van der Waals surface area contributed by atoms with Crippen LogP contribution in [0.15, 0.2) is 21.7 Å². The van der Waals surface area contributed by atoms with Gasteiger partial charge in [0.25, 0.3) is 0 Å². The molecule has 0 bridgehead atoms. The summed E-state index contributed by atoms with van der Waals surface area (Å²) in [6.07, 6.45) is 0.823. The molecule has 5 nitrogen and oxygen atoms in total. The number of hydrogen-bond acceptors (Lipinski definition) is 4. The van der Waals surface area contributed by atoms with Crippen molar-refractivity contribution in [2.24, 2.45) is 5.10 Å². The Morgan fingerprint density at radius 1 is 1.50 bits per heavy atom. The lowest BCUT2D eigenvalue weighted by Crippen LogP contribution is -2.29. The van der Waals surface area contributed by atoms with Crippen LogP contribution in [0.4, 0.5) is 4.79 Å². The second-order valence-corrected chi connectivity index (χ2v) is 4.32. The fourth-order valence-electron chi connectivity index (χ4n) is 0.972. The Kier molecular flexibility index (Phi) is 3.71. The quantitative estimate of drug-likeness (QED) is 0.620. The fourth-order valence-corrected chi connectivity index (χ4v) is 0.972. The Bertz CT molecular complexity index is 388. The minimum Gasteiger partial charge on any atom is -0.460 e. The van der Waals surface area contributed by atoms with E-state index in [1.54, 1.807) is 26.8 Å². The maximum absolute atomic E-state index is 11.2. The first kappa shape index (κ1) is 12.3. The van der Waals surface area contributed by atoms with Crippen molar-refractivity contribution in [3.63, 3.8) is 0 Å². The van der Waals surface area contributed by atoms with Crippen LogP contribution in [-0.4, -0.2) is 17.9 Å². The van der Waals surface area contributed by atoms with Gasteiger partial charge in [-0.3, -0.25) is 0 Å². The molecule has 1 aromatic heterocycles. The molecular weight excluding hydrogens is 208 g/mol. The van der Waals surface area contributed by atoms with Crippen LogP contribution in [0.25, 0.3) is 0 Å². The topological polar surface area (TPSA) is 63.8 Å². The molecule has 0 fully saturated rings. The maximum Gasteiger partial charge on any atom is 0.428 e. The van der Waals surface area contributed by atoms with Gasteiger partial charge in [0.15, 0.2) is 0 Å². The molecule has 1 rings (SSSR count). The summed E-state index contributed by atoms with van der Waals surface area (Å²) in [5, 5.41) is 3.70. The van der Waals surface area contributed by atoms with Crippen LogP contribution in [0.2, 0.25) is 0 Å². The summed E-state index contributed by atoms with van der Waals surface area (Å²) in [4.78, 5) is 11.2. The molecular formula is C11H16N2O3. The van der Waals surface area contributed by atoms with Crippen LogP contribution in [-0.2, 0) is 4.74 Å². The van der Waals surface area contributed by atoms with Gasteiger partial charge in [-0.15, -0.1) is 0 Å². The van der Waals surface area contributed by atoms with Gasteiger partial charge in [0.1, 0.15) is 17.1 Å². The standard InChI is InChI=1S/C11H16N2O3/c1-8-5-6-9(15-8)7-12-13-10(14)16-11(2,3)4/h5-7H,1-4H3,(H,13,14)/b12-7-. The largest absolute Gasteiger partial charge is 0.460 e. The molecule has 0 atom stereocenters. The van der Waals surface area contributed by atoms with Crippen LogP contribution in [0.5, 0.6) is 0 Å². The number of rotatable bonds is 2. The maximum atomic E-state index is 11.2. The zero-order chi connectivity index (χ0) is 12.2. The summed E-state index contributed by atoms with van der Waals surface area (Å²) in [6, 6.07) is 3.57. The third-order valence-electron chi connectivity index (χ3n) is 1.51. The highest BCUT2D eigenvalue weighted by Gasteiger charge is 2.15. The summed E-state index contributed by atoms with van der Waals surface area (Å²) in [5.74, 6) is 1.37. The third kappa shape index (κ3) is 4.63. The summed E-state index contributed by atoms with van der Waals surface area (Å²) in [6.45, 7) is 7.18. The first-order valence-electron chi connectivity index (χ1n) is 4.95. The molecule has 1 N–H and O–H groups in total. The number of amides is 1. The van der Waals surface area contributed by atoms with Crippen molar-refractivity contribution in [2.45, 2.75) is 33.3 Å². The molecule has 1 amide bonds. The van der Waals surface area contributed by atoms with Crippen molar-refractivity contribution in [3.05, 3.63) is 23.7 Å². The van der Waals surface area contributed by atoms with Crippen LogP contribution in [0.3, 0.4) is 0 Å². The molecule has 0 unspecified atom stereocenters. The number of nitrogens with zero attached hydrogens (tertiary/aromatic N) is 1. The minimum absolute atomic E-state index is 0.527. The van der Waals surface area contributed by atoms with Crippen molar-refractivity contribution in [1.29, 1.82) is 0 Å². The van der Waals surface area contributed by atoms with Crippen LogP contribution < -0.4 is 5.43 Å². The van der Waals surface area contributed by atoms with Crippen molar-refractivity contribution >= 4 is 12.3 Å². The first-order valence-corrected chi connectivity index (χ1v) is 4.95. The van der Waals surface area contributed by atoms with E-state index in [-0.39, 0.29) is 0 Å². The molecule has 0 aliphatic heterocycles. The van der Waals surface area contributed by atoms with Crippen molar-refractivity contribution < 1.29 is 13.9 Å². The van der Waals surface area contributed by atoms with Crippen LogP contribution in [0.1, 0.15) is 32.3 Å². The molecule has 0 aliphatic rings. The van der Waals surface area contributed by atoms with Gasteiger partial charge in [-0.1, -0.05) is 0 Å². The summed E-state index contributed by atoms with van der Waals surface area (Å²) < 4.78 is 10.2. The summed E-state index contributed by atoms with van der Waals surface area (Å²) in [7, 11) is 0. The number of furan rings is 1. The van der Waals surface area contributed by atoms with E-state index in [1.807, 2.05) is 13.0 Å². The smallest absolute Gasteiger partial charge is 0.428 e. The average Bonchev–Trinajstić information content (AvgIpc) is 2.48. The Hall–Kier alpha value is -1.78. The Balaban J connectivity index is 2.40. The monoisotopic (exact) mass is 224 g/mol. The first-order chi connectivity index (χ1) is 7.37. The summed E-state index contributed by atoms with van der Waals surface area (Å²) in [5.41, 5.74) is 1.72. The Morgan fingerprint density at radius 3 is 2.69 bits per heavy atom. The molecule has 0 aromatic carbocycles. The van der Waals surface area contributed by atoms with Crippen LogP contribution >= 0.6 is 0 Å². The predicted octanol–water partition coefficient (Wildman–Crippen LogP) is 2.45.